The maximum Gasteiger partial charge on any atom is 0.0645 e. The van der Waals surface area contributed by atoms with Gasteiger partial charge in [0.25, 0.3) is 0 Å². The van der Waals surface area contributed by atoms with Gasteiger partial charge in [0.05, 0.1) is 11.0 Å². The molecule has 0 radical (unpaired) electrons. The normalized spacial score (nSPS) is 12.9. The first-order valence-corrected chi connectivity index (χ1v) is 18.4. The Bertz CT molecular complexity index is 2950. The Kier molecular flexibility index (Phi) is 7.49. The van der Waals surface area contributed by atoms with Crippen LogP contribution in [0.2, 0.25) is 0 Å². The van der Waals surface area contributed by atoms with Crippen molar-refractivity contribution in [3.63, 3.8) is 0 Å². The van der Waals surface area contributed by atoms with Gasteiger partial charge >= 0.3 is 0 Å². The van der Waals surface area contributed by atoms with E-state index >= 15 is 0 Å². The number of hydrogen-bond donors (Lipinski definition) is 0. The molecule has 0 saturated carbocycles. The van der Waals surface area contributed by atoms with Gasteiger partial charge in [-0.25, -0.2) is 0 Å². The average Bonchev–Trinajstić information content (AvgIpc) is 3.35. The van der Waals surface area contributed by atoms with Gasteiger partial charge in [0, 0.05) is 34.1 Å². The molecule has 2 nitrogen and oxygen atoms in total. The molecule has 0 N–H and O–H groups in total. The van der Waals surface area contributed by atoms with Crippen LogP contribution >= 0.6 is 0 Å². The van der Waals surface area contributed by atoms with E-state index in [9.17, 15) is 11.0 Å². The standard InChI is InChI=1S/C54H40N2/c1-5-13-41(14-6-1)44-21-31-50(32-22-44)55(49-19-11-4-12-20-49)51-37-27-47(28-38-51)48-29-39-54(40-30-48)56(52-33-23-45(24-34-52)42-15-7-2-8-16-42)53-35-25-46(26-36-53)43-17-9-3-10-18-43/h1-40H/i27D,28D,29D,30D,37D,38D,39D,40D. The predicted octanol–water partition coefficient (Wildman–Crippen LogP) is 15.3. The minimum Gasteiger partial charge on any atom is -0.311 e. The fourth-order valence-corrected chi connectivity index (χ4v) is 6.78. The van der Waals surface area contributed by atoms with E-state index in [1.54, 1.807) is 9.80 Å². The third kappa shape index (κ3) is 7.37. The molecule has 2 heteroatoms. The average molecular weight is 725 g/mol. The Labute approximate surface area is 341 Å². The summed E-state index contributed by atoms with van der Waals surface area (Å²) >= 11 is 0. The highest BCUT2D eigenvalue weighted by atomic mass is 15.1. The van der Waals surface area contributed by atoms with Crippen LogP contribution in [0.5, 0.6) is 0 Å². The molecule has 0 spiro atoms. The Morgan fingerprint density at radius 2 is 0.429 bits per heavy atom. The van der Waals surface area contributed by atoms with Gasteiger partial charge in [0.2, 0.25) is 0 Å². The van der Waals surface area contributed by atoms with Crippen molar-refractivity contribution in [1.29, 1.82) is 0 Å². The number of anilines is 6. The zero-order chi connectivity index (χ0) is 44.5. The quantitative estimate of drug-likeness (QED) is 0.139. The summed E-state index contributed by atoms with van der Waals surface area (Å²) in [6, 6.07) is 58.2. The molecule has 0 aliphatic heterocycles. The topological polar surface area (TPSA) is 6.48 Å². The van der Waals surface area contributed by atoms with E-state index < -0.39 is 48.3 Å². The van der Waals surface area contributed by atoms with Crippen molar-refractivity contribution in [1.82, 2.24) is 0 Å². The van der Waals surface area contributed by atoms with Crippen molar-refractivity contribution >= 4 is 34.1 Å². The summed E-state index contributed by atoms with van der Waals surface area (Å²) in [5, 5.41) is 0. The van der Waals surface area contributed by atoms with Crippen molar-refractivity contribution in [2.45, 2.75) is 0 Å². The lowest BCUT2D eigenvalue weighted by atomic mass is 10.0. The smallest absolute Gasteiger partial charge is 0.0645 e. The van der Waals surface area contributed by atoms with Crippen molar-refractivity contribution in [2.75, 3.05) is 9.80 Å². The lowest BCUT2D eigenvalue weighted by Crippen LogP contribution is -2.10. The van der Waals surface area contributed by atoms with Crippen molar-refractivity contribution in [3.05, 3.63) is 242 Å². The summed E-state index contributed by atoms with van der Waals surface area (Å²) in [6.07, 6.45) is 0. The first-order chi connectivity index (χ1) is 31.1. The molecule has 9 rings (SSSR count). The Morgan fingerprint density at radius 1 is 0.196 bits per heavy atom. The summed E-state index contributed by atoms with van der Waals surface area (Å²) in [6.45, 7) is 0. The van der Waals surface area contributed by atoms with Gasteiger partial charge in [-0.3, -0.25) is 0 Å². The van der Waals surface area contributed by atoms with Crippen LogP contribution in [-0.4, -0.2) is 0 Å². The number of hydrogen-bond acceptors (Lipinski definition) is 2. The Hall–Kier alpha value is -7.42. The molecule has 0 aromatic heterocycles. The first kappa shape index (κ1) is 26.4. The van der Waals surface area contributed by atoms with E-state index in [0.717, 1.165) is 33.4 Å². The summed E-state index contributed by atoms with van der Waals surface area (Å²) in [7, 11) is 0. The minimum absolute atomic E-state index is 0.0200. The number of benzene rings is 9. The molecule has 0 fully saturated rings. The van der Waals surface area contributed by atoms with E-state index in [1.807, 2.05) is 194 Å². The maximum atomic E-state index is 9.51. The highest BCUT2D eigenvalue weighted by Crippen LogP contribution is 2.39. The van der Waals surface area contributed by atoms with Gasteiger partial charge in [-0.2, -0.15) is 0 Å². The van der Waals surface area contributed by atoms with Gasteiger partial charge in [0.1, 0.15) is 0 Å². The molecule has 9 aromatic carbocycles. The van der Waals surface area contributed by atoms with Crippen LogP contribution in [-0.2, 0) is 0 Å². The second-order valence-corrected chi connectivity index (χ2v) is 13.2. The van der Waals surface area contributed by atoms with E-state index in [-0.39, 0.29) is 22.5 Å². The highest BCUT2D eigenvalue weighted by molar-refractivity contribution is 5.83. The molecule has 0 atom stereocenters. The van der Waals surface area contributed by atoms with E-state index in [1.165, 1.54) is 0 Å². The molecular weight excluding hydrogens is 677 g/mol. The van der Waals surface area contributed by atoms with Gasteiger partial charge in [-0.05, 0) is 117 Å². The molecule has 0 amide bonds. The third-order valence-electron chi connectivity index (χ3n) is 9.63. The zero-order valence-electron chi connectivity index (χ0n) is 38.4. The number of nitrogens with zero attached hydrogens (tertiary/aromatic N) is 2. The molecule has 0 saturated heterocycles. The van der Waals surface area contributed by atoms with Crippen molar-refractivity contribution in [2.24, 2.45) is 0 Å². The Morgan fingerprint density at radius 3 is 0.714 bits per heavy atom. The lowest BCUT2D eigenvalue weighted by Gasteiger charge is -2.26. The summed E-state index contributed by atoms with van der Waals surface area (Å²) in [5.41, 5.74) is 7.62. The van der Waals surface area contributed by atoms with Crippen LogP contribution in [0.15, 0.2) is 242 Å². The van der Waals surface area contributed by atoms with Gasteiger partial charge in [-0.1, -0.05) is 170 Å². The van der Waals surface area contributed by atoms with Gasteiger partial charge in [0.15, 0.2) is 0 Å². The maximum absolute atomic E-state index is 9.51. The Balaban J connectivity index is 1.18. The predicted molar refractivity (Wildman–Crippen MR) is 238 cm³/mol. The first-order valence-electron chi connectivity index (χ1n) is 22.4. The molecular formula is C54H40N2. The van der Waals surface area contributed by atoms with Gasteiger partial charge < -0.3 is 9.80 Å². The van der Waals surface area contributed by atoms with E-state index in [2.05, 4.69) is 0 Å². The highest BCUT2D eigenvalue weighted by Gasteiger charge is 2.16. The van der Waals surface area contributed by atoms with Crippen LogP contribution in [0.3, 0.4) is 0 Å². The van der Waals surface area contributed by atoms with E-state index in [4.69, 9.17) is 0 Å². The van der Waals surface area contributed by atoms with Crippen LogP contribution < -0.4 is 9.80 Å². The summed E-state index contributed by atoms with van der Waals surface area (Å²) in [4.78, 5) is 3.36. The summed E-state index contributed by atoms with van der Waals surface area (Å²) in [5.74, 6) is 0. The van der Waals surface area contributed by atoms with Gasteiger partial charge in [-0.15, -0.1) is 0 Å². The molecule has 56 heavy (non-hydrogen) atoms. The monoisotopic (exact) mass is 724 g/mol. The van der Waals surface area contributed by atoms with E-state index in [0.29, 0.717) is 22.7 Å². The lowest BCUT2D eigenvalue weighted by molar-refractivity contribution is 1.28. The number of rotatable bonds is 10. The minimum atomic E-state index is -0.493. The SMILES string of the molecule is [2H]c1c([2H])c(N(c2ccccc2)c2ccc(-c3ccccc3)cc2)c([2H])c([2H])c1-c1c([2H])c([2H])c(N(c2ccc(-c3ccccc3)cc2)c2ccc(-c3ccccc3)cc2)c([2H])c1[2H]. The van der Waals surface area contributed by atoms with Crippen LogP contribution in [0.1, 0.15) is 11.0 Å². The second kappa shape index (κ2) is 15.9. The van der Waals surface area contributed by atoms with Crippen LogP contribution in [0.4, 0.5) is 34.1 Å². The van der Waals surface area contributed by atoms with Crippen molar-refractivity contribution < 1.29 is 11.0 Å². The summed E-state index contributed by atoms with van der Waals surface area (Å²) < 4.78 is 75.5. The fourth-order valence-electron chi connectivity index (χ4n) is 6.78. The number of para-hydroxylation sites is 1. The molecule has 0 unspecified atom stereocenters. The molecule has 9 aromatic rings. The fraction of sp³-hybridized carbons (Fsp3) is 0. The largest absolute Gasteiger partial charge is 0.311 e. The molecule has 0 aliphatic carbocycles. The van der Waals surface area contributed by atoms with Crippen LogP contribution in [0.25, 0.3) is 44.5 Å². The molecule has 266 valence electrons. The van der Waals surface area contributed by atoms with Crippen molar-refractivity contribution in [3.8, 4) is 44.5 Å². The third-order valence-corrected chi connectivity index (χ3v) is 9.63. The molecule has 0 bridgehead atoms. The van der Waals surface area contributed by atoms with Crippen LogP contribution in [0, 0.1) is 0 Å². The zero-order valence-corrected chi connectivity index (χ0v) is 30.4. The molecule has 0 heterocycles. The molecule has 0 aliphatic rings. The second-order valence-electron chi connectivity index (χ2n) is 13.2.